The molecule has 3 heterocycles. The number of carboxylic acids is 1. The van der Waals surface area contributed by atoms with Gasteiger partial charge in [-0.25, -0.2) is 14.3 Å². The quantitative estimate of drug-likeness (QED) is 0.910. The molecule has 1 unspecified atom stereocenters. The second-order valence-corrected chi connectivity index (χ2v) is 5.28. The third-order valence-electron chi connectivity index (χ3n) is 3.93. The van der Waals surface area contributed by atoms with Crippen LogP contribution in [0.5, 0.6) is 0 Å². The fraction of sp³-hybridized carbons (Fsp3) is 0.500. The fourth-order valence-electron chi connectivity index (χ4n) is 2.83. The van der Waals surface area contributed by atoms with Crippen molar-refractivity contribution in [3.05, 3.63) is 29.7 Å². The van der Waals surface area contributed by atoms with Crippen LogP contribution in [-0.4, -0.2) is 50.2 Å². The van der Waals surface area contributed by atoms with Gasteiger partial charge in [0.05, 0.1) is 0 Å². The summed E-state index contributed by atoms with van der Waals surface area (Å²) in [5, 5.41) is 13.5. The molecule has 1 N–H and O–H groups in total. The molecule has 20 heavy (non-hydrogen) atoms. The summed E-state index contributed by atoms with van der Waals surface area (Å²) in [6, 6.07) is 3.24. The Kier molecular flexibility index (Phi) is 3.40. The van der Waals surface area contributed by atoms with E-state index >= 15 is 0 Å². The van der Waals surface area contributed by atoms with Crippen LogP contribution in [0, 0.1) is 5.92 Å². The number of nitrogens with zero attached hydrogens (tertiary/aromatic N) is 4. The van der Waals surface area contributed by atoms with Crippen molar-refractivity contribution in [2.24, 2.45) is 5.92 Å². The van der Waals surface area contributed by atoms with E-state index < -0.39 is 5.97 Å². The monoisotopic (exact) mass is 274 g/mol. The van der Waals surface area contributed by atoms with Gasteiger partial charge in [-0.3, -0.25) is 0 Å². The largest absolute Gasteiger partial charge is 0.478 e. The lowest BCUT2D eigenvalue weighted by molar-refractivity contribution is 0.0698. The van der Waals surface area contributed by atoms with Crippen molar-refractivity contribution >= 4 is 11.6 Å². The second-order valence-electron chi connectivity index (χ2n) is 5.28. The zero-order valence-corrected chi connectivity index (χ0v) is 11.5. The smallest absolute Gasteiger partial charge is 0.339 e. The SMILES string of the molecule is CCN1CCC(Cc2nc3c(C(=O)O)cccn3n2)C1. The first kappa shape index (κ1) is 13.1. The van der Waals surface area contributed by atoms with E-state index in [2.05, 4.69) is 21.9 Å². The highest BCUT2D eigenvalue weighted by atomic mass is 16.4. The summed E-state index contributed by atoms with van der Waals surface area (Å²) < 4.78 is 1.56. The van der Waals surface area contributed by atoms with Crippen molar-refractivity contribution in [3.8, 4) is 0 Å². The molecule has 0 amide bonds. The first-order valence-corrected chi connectivity index (χ1v) is 6.97. The molecule has 0 aromatic carbocycles. The number of carbonyl (C=O) groups is 1. The molecule has 1 aliphatic rings. The van der Waals surface area contributed by atoms with Gasteiger partial charge in [-0.1, -0.05) is 6.92 Å². The van der Waals surface area contributed by atoms with Gasteiger partial charge >= 0.3 is 5.97 Å². The van der Waals surface area contributed by atoms with Crippen LogP contribution >= 0.6 is 0 Å². The number of aromatic carboxylic acids is 1. The zero-order valence-electron chi connectivity index (χ0n) is 11.5. The predicted octanol–water partition coefficient (Wildman–Crippen LogP) is 1.31. The van der Waals surface area contributed by atoms with Crippen LogP contribution < -0.4 is 0 Å². The van der Waals surface area contributed by atoms with E-state index in [9.17, 15) is 4.79 Å². The average molecular weight is 274 g/mol. The molecule has 0 spiro atoms. The van der Waals surface area contributed by atoms with E-state index in [0.29, 0.717) is 11.6 Å². The van der Waals surface area contributed by atoms with Gasteiger partial charge in [0.1, 0.15) is 5.56 Å². The molecular formula is C14H18N4O2. The summed E-state index contributed by atoms with van der Waals surface area (Å²) >= 11 is 0. The molecule has 0 saturated carbocycles. The van der Waals surface area contributed by atoms with E-state index in [0.717, 1.165) is 38.3 Å². The number of carboxylic acid groups (broad SMARTS) is 1. The standard InChI is InChI=1S/C14H18N4O2/c1-2-17-7-5-10(9-17)8-12-15-13-11(14(19)20)4-3-6-18(13)16-12/h3-4,6,10H,2,5,7-9H2,1H3,(H,19,20). The molecule has 6 nitrogen and oxygen atoms in total. The Morgan fingerprint density at radius 2 is 2.40 bits per heavy atom. The Balaban J connectivity index is 1.83. The number of aromatic nitrogens is 3. The molecule has 1 fully saturated rings. The summed E-state index contributed by atoms with van der Waals surface area (Å²) in [6.07, 6.45) is 3.72. The van der Waals surface area contributed by atoms with E-state index in [4.69, 9.17) is 5.11 Å². The summed E-state index contributed by atoms with van der Waals surface area (Å²) in [6.45, 7) is 5.47. The van der Waals surface area contributed by atoms with Crippen LogP contribution in [-0.2, 0) is 6.42 Å². The van der Waals surface area contributed by atoms with Gasteiger partial charge in [-0.2, -0.15) is 5.10 Å². The van der Waals surface area contributed by atoms with Crippen molar-refractivity contribution in [1.82, 2.24) is 19.5 Å². The molecule has 2 aromatic heterocycles. The minimum absolute atomic E-state index is 0.202. The molecule has 106 valence electrons. The molecule has 1 atom stereocenters. The van der Waals surface area contributed by atoms with E-state index in [-0.39, 0.29) is 5.56 Å². The maximum Gasteiger partial charge on any atom is 0.339 e. The molecule has 2 aromatic rings. The van der Waals surface area contributed by atoms with Crippen LogP contribution in [0.3, 0.4) is 0 Å². The zero-order chi connectivity index (χ0) is 14.1. The number of hydrogen-bond donors (Lipinski definition) is 1. The van der Waals surface area contributed by atoms with E-state index in [1.807, 2.05) is 0 Å². The lowest BCUT2D eigenvalue weighted by Gasteiger charge is -2.11. The van der Waals surface area contributed by atoms with Crippen molar-refractivity contribution < 1.29 is 9.90 Å². The summed E-state index contributed by atoms with van der Waals surface area (Å²) in [5.74, 6) is 0.342. The lowest BCUT2D eigenvalue weighted by atomic mass is 10.1. The van der Waals surface area contributed by atoms with Crippen LogP contribution in [0.4, 0.5) is 0 Å². The number of likely N-dealkylation sites (tertiary alicyclic amines) is 1. The number of hydrogen-bond acceptors (Lipinski definition) is 4. The molecule has 1 saturated heterocycles. The molecule has 0 aliphatic carbocycles. The van der Waals surface area contributed by atoms with Gasteiger partial charge in [0.25, 0.3) is 0 Å². The Labute approximate surface area is 117 Å². The van der Waals surface area contributed by atoms with Crippen LogP contribution in [0.1, 0.15) is 29.5 Å². The first-order chi connectivity index (χ1) is 9.67. The number of pyridine rings is 1. The van der Waals surface area contributed by atoms with Gasteiger partial charge in [0.2, 0.25) is 0 Å². The average Bonchev–Trinajstić information content (AvgIpc) is 3.03. The topological polar surface area (TPSA) is 70.7 Å². The van der Waals surface area contributed by atoms with Gasteiger partial charge in [0, 0.05) is 19.2 Å². The molecule has 3 rings (SSSR count). The van der Waals surface area contributed by atoms with Crippen molar-refractivity contribution in [1.29, 1.82) is 0 Å². The Morgan fingerprint density at radius 3 is 3.10 bits per heavy atom. The maximum absolute atomic E-state index is 11.2. The summed E-state index contributed by atoms with van der Waals surface area (Å²) in [4.78, 5) is 18.0. The maximum atomic E-state index is 11.2. The second kappa shape index (κ2) is 5.20. The van der Waals surface area contributed by atoms with Crippen LogP contribution in [0.25, 0.3) is 5.65 Å². The molecule has 0 radical (unpaired) electrons. The molecule has 1 aliphatic heterocycles. The minimum atomic E-state index is -0.965. The van der Waals surface area contributed by atoms with Gasteiger partial charge in [-0.15, -0.1) is 0 Å². The van der Waals surface area contributed by atoms with Crippen molar-refractivity contribution in [2.45, 2.75) is 19.8 Å². The Morgan fingerprint density at radius 1 is 1.55 bits per heavy atom. The van der Waals surface area contributed by atoms with Crippen LogP contribution in [0.15, 0.2) is 18.3 Å². The first-order valence-electron chi connectivity index (χ1n) is 6.97. The van der Waals surface area contributed by atoms with Gasteiger partial charge in [-0.05, 0) is 37.6 Å². The van der Waals surface area contributed by atoms with Gasteiger partial charge < -0.3 is 10.0 Å². The van der Waals surface area contributed by atoms with E-state index in [1.54, 1.807) is 22.8 Å². The number of fused-ring (bicyclic) bond motifs is 1. The summed E-state index contributed by atoms with van der Waals surface area (Å²) in [5.41, 5.74) is 0.633. The van der Waals surface area contributed by atoms with Crippen molar-refractivity contribution in [2.75, 3.05) is 19.6 Å². The third kappa shape index (κ3) is 2.38. The Bertz CT molecular complexity index is 637. The number of rotatable bonds is 4. The predicted molar refractivity (Wildman–Crippen MR) is 73.9 cm³/mol. The normalized spacial score (nSPS) is 19.8. The third-order valence-corrected chi connectivity index (χ3v) is 3.93. The van der Waals surface area contributed by atoms with E-state index in [1.165, 1.54) is 0 Å². The highest BCUT2D eigenvalue weighted by Gasteiger charge is 2.23. The Hall–Kier alpha value is -1.95. The highest BCUT2D eigenvalue weighted by Crippen LogP contribution is 2.20. The van der Waals surface area contributed by atoms with Crippen molar-refractivity contribution in [3.63, 3.8) is 0 Å². The van der Waals surface area contributed by atoms with Crippen LogP contribution in [0.2, 0.25) is 0 Å². The molecule has 6 heteroatoms. The molecule has 0 bridgehead atoms. The highest BCUT2D eigenvalue weighted by molar-refractivity contribution is 5.94. The lowest BCUT2D eigenvalue weighted by Crippen LogP contribution is -2.20. The minimum Gasteiger partial charge on any atom is -0.478 e. The summed E-state index contributed by atoms with van der Waals surface area (Å²) in [7, 11) is 0. The van der Waals surface area contributed by atoms with Gasteiger partial charge in [0.15, 0.2) is 11.5 Å². The molecular weight excluding hydrogens is 256 g/mol. The fourth-order valence-corrected chi connectivity index (χ4v) is 2.83.